The van der Waals surface area contributed by atoms with Gasteiger partial charge in [0.2, 0.25) is 11.5 Å². The second-order valence-electron chi connectivity index (χ2n) is 7.19. The second kappa shape index (κ2) is 5.06. The van der Waals surface area contributed by atoms with Crippen LogP contribution < -0.4 is 4.90 Å². The maximum absolute atomic E-state index is 13.2. The fraction of sp³-hybridized carbons (Fsp3) is 0.400. The van der Waals surface area contributed by atoms with Crippen molar-refractivity contribution in [2.45, 2.75) is 31.8 Å². The number of terminal acetylenes is 1. The SMILES string of the molecule is C#C[C@]1(O)C(=O)[C@H](CC=C)C(C)(C)[C@H]2C(=O)N(C)c3cccc1c32. The topological polar surface area (TPSA) is 57.6 Å². The number of allylic oxidation sites excluding steroid dienone is 1. The zero-order valence-electron chi connectivity index (χ0n) is 14.2. The highest BCUT2D eigenvalue weighted by molar-refractivity contribution is 6.08. The molecule has 3 rings (SSSR count). The lowest BCUT2D eigenvalue weighted by atomic mass is 9.65. The van der Waals surface area contributed by atoms with E-state index in [1.165, 1.54) is 0 Å². The predicted octanol–water partition coefficient (Wildman–Crippen LogP) is 2.37. The van der Waals surface area contributed by atoms with Crippen LogP contribution in [0.3, 0.4) is 0 Å². The zero-order chi connectivity index (χ0) is 17.9. The van der Waals surface area contributed by atoms with E-state index in [-0.39, 0.29) is 5.91 Å². The molecule has 1 heterocycles. The number of carbonyl (C=O) groups excluding carboxylic acids is 2. The Kier molecular flexibility index (Phi) is 3.47. The van der Waals surface area contributed by atoms with Crippen molar-refractivity contribution in [3.8, 4) is 12.3 Å². The number of likely N-dealkylation sites (N-methyl/N-ethyl adjacent to an activating group) is 1. The number of benzene rings is 1. The molecule has 1 aliphatic heterocycles. The van der Waals surface area contributed by atoms with Gasteiger partial charge >= 0.3 is 0 Å². The van der Waals surface area contributed by atoms with E-state index >= 15 is 0 Å². The molecule has 0 radical (unpaired) electrons. The Bertz CT molecular complexity index is 802. The maximum Gasteiger partial charge on any atom is 0.234 e. The number of carbonyl (C=O) groups is 2. The molecule has 0 saturated carbocycles. The molecule has 0 fully saturated rings. The first kappa shape index (κ1) is 16.5. The van der Waals surface area contributed by atoms with E-state index in [0.717, 1.165) is 0 Å². The van der Waals surface area contributed by atoms with E-state index in [1.54, 1.807) is 30.2 Å². The van der Waals surface area contributed by atoms with Gasteiger partial charge in [0, 0.05) is 24.2 Å². The molecule has 0 saturated heterocycles. The van der Waals surface area contributed by atoms with Gasteiger partial charge in [-0.1, -0.05) is 38.0 Å². The summed E-state index contributed by atoms with van der Waals surface area (Å²) in [6.45, 7) is 7.51. The van der Waals surface area contributed by atoms with Crippen LogP contribution in [0, 0.1) is 23.7 Å². The smallest absolute Gasteiger partial charge is 0.234 e. The van der Waals surface area contributed by atoms with Crippen molar-refractivity contribution >= 4 is 17.4 Å². The van der Waals surface area contributed by atoms with Gasteiger partial charge in [-0.3, -0.25) is 9.59 Å². The Morgan fingerprint density at radius 1 is 1.42 bits per heavy atom. The van der Waals surface area contributed by atoms with Crippen LogP contribution in [0.2, 0.25) is 0 Å². The number of hydrogen-bond donors (Lipinski definition) is 1. The fourth-order valence-corrected chi connectivity index (χ4v) is 4.24. The van der Waals surface area contributed by atoms with Crippen LogP contribution in [0.1, 0.15) is 37.3 Å². The molecular weight excluding hydrogens is 302 g/mol. The van der Waals surface area contributed by atoms with Crippen molar-refractivity contribution in [2.75, 3.05) is 11.9 Å². The Morgan fingerprint density at radius 3 is 2.67 bits per heavy atom. The van der Waals surface area contributed by atoms with E-state index in [9.17, 15) is 14.7 Å². The Labute approximate surface area is 142 Å². The van der Waals surface area contributed by atoms with Crippen LogP contribution in [0.25, 0.3) is 0 Å². The molecule has 1 N–H and O–H groups in total. The summed E-state index contributed by atoms with van der Waals surface area (Å²) in [5.41, 5.74) is -0.989. The highest BCUT2D eigenvalue weighted by Crippen LogP contribution is 2.57. The quantitative estimate of drug-likeness (QED) is 0.671. The van der Waals surface area contributed by atoms with Gasteiger partial charge in [0.05, 0.1) is 5.92 Å². The van der Waals surface area contributed by atoms with Crippen LogP contribution >= 0.6 is 0 Å². The fourth-order valence-electron chi connectivity index (χ4n) is 4.24. The lowest BCUT2D eigenvalue weighted by Gasteiger charge is -2.36. The first-order valence-corrected chi connectivity index (χ1v) is 7.98. The number of ketones is 1. The van der Waals surface area contributed by atoms with Crippen LogP contribution in [0.5, 0.6) is 0 Å². The minimum Gasteiger partial charge on any atom is -0.367 e. The number of aliphatic hydroxyl groups is 1. The van der Waals surface area contributed by atoms with Crippen molar-refractivity contribution in [3.63, 3.8) is 0 Å². The molecule has 1 aromatic carbocycles. The zero-order valence-corrected chi connectivity index (χ0v) is 14.2. The molecule has 124 valence electrons. The molecule has 2 aliphatic rings. The lowest BCUT2D eigenvalue weighted by Crippen LogP contribution is -2.44. The standard InChI is InChI=1S/C20H21NO3/c1-6-9-13-17(22)20(24,7-2)12-10-8-11-14-15(12)16(19(13,3)4)18(23)21(14)5/h2,6,8,10-11,13,16,24H,1,9H2,3-5H3/t13-,16+,20+/m0/s1. The van der Waals surface area contributed by atoms with Crippen LogP contribution in [-0.2, 0) is 15.2 Å². The number of Topliss-reactive ketones (excluding diaryl/α,β-unsaturated/α-hetero) is 1. The number of amides is 1. The summed E-state index contributed by atoms with van der Waals surface area (Å²) >= 11 is 0. The minimum absolute atomic E-state index is 0.0782. The normalized spacial score (nSPS) is 30.5. The molecular formula is C20H21NO3. The highest BCUT2D eigenvalue weighted by atomic mass is 16.3. The van der Waals surface area contributed by atoms with Gasteiger partial charge in [0.1, 0.15) is 0 Å². The van der Waals surface area contributed by atoms with Crippen LogP contribution in [0.4, 0.5) is 5.69 Å². The van der Waals surface area contributed by atoms with Crippen LogP contribution in [-0.4, -0.2) is 23.8 Å². The maximum atomic E-state index is 13.2. The molecule has 1 aliphatic carbocycles. The monoisotopic (exact) mass is 323 g/mol. The van der Waals surface area contributed by atoms with Gasteiger partial charge in [-0.05, 0) is 23.5 Å². The van der Waals surface area contributed by atoms with Crippen molar-refractivity contribution in [1.82, 2.24) is 0 Å². The molecule has 4 nitrogen and oxygen atoms in total. The average Bonchev–Trinajstić information content (AvgIpc) is 2.80. The summed E-state index contributed by atoms with van der Waals surface area (Å²) in [4.78, 5) is 27.7. The Morgan fingerprint density at radius 2 is 2.08 bits per heavy atom. The van der Waals surface area contributed by atoms with E-state index in [4.69, 9.17) is 6.42 Å². The predicted molar refractivity (Wildman–Crippen MR) is 92.4 cm³/mol. The number of anilines is 1. The summed E-state index contributed by atoms with van der Waals surface area (Å²) in [5, 5.41) is 11.1. The molecule has 1 amide bonds. The van der Waals surface area contributed by atoms with Crippen molar-refractivity contribution in [2.24, 2.45) is 11.3 Å². The largest absolute Gasteiger partial charge is 0.367 e. The number of hydrogen-bond acceptors (Lipinski definition) is 3. The van der Waals surface area contributed by atoms with Gasteiger partial charge in [-0.25, -0.2) is 0 Å². The third-order valence-electron chi connectivity index (χ3n) is 5.63. The van der Waals surface area contributed by atoms with E-state index in [0.29, 0.717) is 23.2 Å². The van der Waals surface area contributed by atoms with Gasteiger partial charge in [0.25, 0.3) is 0 Å². The summed E-state index contributed by atoms with van der Waals surface area (Å²) in [6.07, 6.45) is 7.59. The first-order valence-electron chi connectivity index (χ1n) is 7.98. The van der Waals surface area contributed by atoms with E-state index in [1.807, 2.05) is 19.9 Å². The van der Waals surface area contributed by atoms with E-state index < -0.39 is 28.6 Å². The van der Waals surface area contributed by atoms with Gasteiger partial charge < -0.3 is 10.0 Å². The molecule has 0 unspecified atom stereocenters. The van der Waals surface area contributed by atoms with Gasteiger partial charge in [-0.2, -0.15) is 0 Å². The second-order valence-corrected chi connectivity index (χ2v) is 7.19. The lowest BCUT2D eigenvalue weighted by molar-refractivity contribution is -0.141. The minimum atomic E-state index is -2.03. The molecule has 4 heteroatoms. The molecule has 1 aromatic rings. The first-order chi connectivity index (χ1) is 11.2. The van der Waals surface area contributed by atoms with Crippen molar-refractivity contribution in [3.05, 3.63) is 42.0 Å². The molecule has 24 heavy (non-hydrogen) atoms. The van der Waals surface area contributed by atoms with Crippen molar-refractivity contribution < 1.29 is 14.7 Å². The van der Waals surface area contributed by atoms with Gasteiger partial charge in [0.15, 0.2) is 5.78 Å². The number of rotatable bonds is 2. The number of nitrogens with zero attached hydrogens (tertiary/aromatic N) is 1. The summed E-state index contributed by atoms with van der Waals surface area (Å²) in [6, 6.07) is 5.20. The molecule has 3 atom stereocenters. The molecule has 0 aromatic heterocycles. The summed E-state index contributed by atoms with van der Waals surface area (Å²) in [5.74, 6) is 0.661. The third kappa shape index (κ3) is 1.79. The van der Waals surface area contributed by atoms with E-state index in [2.05, 4.69) is 12.5 Å². The average molecular weight is 323 g/mol. The van der Waals surface area contributed by atoms with Crippen molar-refractivity contribution in [1.29, 1.82) is 0 Å². The summed E-state index contributed by atoms with van der Waals surface area (Å²) in [7, 11) is 1.71. The molecule has 0 spiro atoms. The van der Waals surface area contributed by atoms with Crippen LogP contribution in [0.15, 0.2) is 30.9 Å². The Balaban J connectivity index is 2.42. The molecule has 0 bridgehead atoms. The third-order valence-corrected chi connectivity index (χ3v) is 5.63. The van der Waals surface area contributed by atoms with Gasteiger partial charge in [-0.15, -0.1) is 13.0 Å². The summed E-state index contributed by atoms with van der Waals surface area (Å²) < 4.78 is 0. The Hall–Kier alpha value is -2.38. The highest BCUT2D eigenvalue weighted by Gasteiger charge is 2.58.